The zero-order chi connectivity index (χ0) is 20.0. The SMILES string of the molecule is Cc1cc(N2CCN(c3cc(-n4nc(C)cc4C)ncn3)CC2)nc(C2CC2)n1. The Hall–Kier alpha value is -3.03. The highest BCUT2D eigenvalue weighted by atomic mass is 15.3. The molecular formula is C21H26N8. The predicted molar refractivity (Wildman–Crippen MR) is 112 cm³/mol. The van der Waals surface area contributed by atoms with E-state index in [2.05, 4.69) is 48.9 Å². The van der Waals surface area contributed by atoms with Gasteiger partial charge in [0.15, 0.2) is 5.82 Å². The fraction of sp³-hybridized carbons (Fsp3) is 0.476. The number of rotatable bonds is 4. The smallest absolute Gasteiger partial charge is 0.159 e. The van der Waals surface area contributed by atoms with Gasteiger partial charge in [-0.3, -0.25) is 0 Å². The van der Waals surface area contributed by atoms with Gasteiger partial charge in [-0.25, -0.2) is 24.6 Å². The minimum Gasteiger partial charge on any atom is -0.353 e. The molecule has 0 unspecified atom stereocenters. The largest absolute Gasteiger partial charge is 0.353 e. The molecule has 29 heavy (non-hydrogen) atoms. The molecule has 0 N–H and O–H groups in total. The number of aryl methyl sites for hydroxylation is 3. The molecule has 0 amide bonds. The third-order valence-corrected chi connectivity index (χ3v) is 5.59. The Morgan fingerprint density at radius 2 is 1.45 bits per heavy atom. The Morgan fingerprint density at radius 1 is 0.759 bits per heavy atom. The molecule has 2 aliphatic rings. The lowest BCUT2D eigenvalue weighted by Gasteiger charge is -2.36. The number of hydrogen-bond donors (Lipinski definition) is 0. The first-order valence-corrected chi connectivity index (χ1v) is 10.3. The first-order chi connectivity index (χ1) is 14.1. The summed E-state index contributed by atoms with van der Waals surface area (Å²) in [5.41, 5.74) is 3.12. The maximum Gasteiger partial charge on any atom is 0.159 e. The molecule has 150 valence electrons. The molecule has 0 bridgehead atoms. The van der Waals surface area contributed by atoms with Gasteiger partial charge in [0.05, 0.1) is 5.69 Å². The molecule has 1 aliphatic heterocycles. The quantitative estimate of drug-likeness (QED) is 0.678. The van der Waals surface area contributed by atoms with E-state index in [0.717, 1.165) is 66.5 Å². The maximum absolute atomic E-state index is 4.84. The Labute approximate surface area is 170 Å². The van der Waals surface area contributed by atoms with Crippen LogP contribution in [0.2, 0.25) is 0 Å². The van der Waals surface area contributed by atoms with Gasteiger partial charge >= 0.3 is 0 Å². The van der Waals surface area contributed by atoms with E-state index in [0.29, 0.717) is 5.92 Å². The molecule has 0 spiro atoms. The van der Waals surface area contributed by atoms with E-state index < -0.39 is 0 Å². The molecule has 3 aromatic heterocycles. The lowest BCUT2D eigenvalue weighted by atomic mass is 10.2. The number of nitrogens with zero attached hydrogens (tertiary/aromatic N) is 8. The Morgan fingerprint density at radius 3 is 2.10 bits per heavy atom. The van der Waals surface area contributed by atoms with Gasteiger partial charge in [-0.1, -0.05) is 0 Å². The van der Waals surface area contributed by atoms with Crippen LogP contribution in [-0.2, 0) is 0 Å². The predicted octanol–water partition coefficient (Wildman–Crippen LogP) is 2.58. The van der Waals surface area contributed by atoms with Gasteiger partial charge < -0.3 is 9.80 Å². The van der Waals surface area contributed by atoms with Gasteiger partial charge in [0.1, 0.15) is 23.8 Å². The van der Waals surface area contributed by atoms with Gasteiger partial charge in [0.25, 0.3) is 0 Å². The highest BCUT2D eigenvalue weighted by molar-refractivity contribution is 5.48. The Kier molecular flexibility index (Phi) is 4.41. The summed E-state index contributed by atoms with van der Waals surface area (Å²) in [6.07, 6.45) is 4.08. The van der Waals surface area contributed by atoms with Crippen LogP contribution in [0, 0.1) is 20.8 Å². The van der Waals surface area contributed by atoms with Gasteiger partial charge in [-0.2, -0.15) is 5.10 Å². The third kappa shape index (κ3) is 3.66. The van der Waals surface area contributed by atoms with Crippen LogP contribution in [0.3, 0.4) is 0 Å². The van der Waals surface area contributed by atoms with Crippen molar-refractivity contribution in [3.8, 4) is 5.82 Å². The lowest BCUT2D eigenvalue weighted by molar-refractivity contribution is 0.637. The number of hydrogen-bond acceptors (Lipinski definition) is 7. The molecular weight excluding hydrogens is 364 g/mol. The minimum absolute atomic E-state index is 0.573. The van der Waals surface area contributed by atoms with E-state index in [1.54, 1.807) is 6.33 Å². The molecule has 4 heterocycles. The maximum atomic E-state index is 4.84. The second-order valence-electron chi connectivity index (χ2n) is 8.05. The second kappa shape index (κ2) is 7.09. The molecule has 0 aromatic carbocycles. The van der Waals surface area contributed by atoms with Gasteiger partial charge in [-0.15, -0.1) is 0 Å². The zero-order valence-electron chi connectivity index (χ0n) is 17.2. The summed E-state index contributed by atoms with van der Waals surface area (Å²) in [7, 11) is 0. The highest BCUT2D eigenvalue weighted by Gasteiger charge is 2.28. The summed E-state index contributed by atoms with van der Waals surface area (Å²) >= 11 is 0. The van der Waals surface area contributed by atoms with Crippen molar-refractivity contribution >= 4 is 11.6 Å². The van der Waals surface area contributed by atoms with Gasteiger partial charge in [0, 0.05) is 55.6 Å². The molecule has 0 radical (unpaired) electrons. The van der Waals surface area contributed by atoms with Crippen molar-refractivity contribution < 1.29 is 0 Å². The summed E-state index contributed by atoms with van der Waals surface area (Å²) in [5.74, 6) is 4.41. The van der Waals surface area contributed by atoms with Crippen molar-refractivity contribution in [3.05, 3.63) is 47.4 Å². The molecule has 0 atom stereocenters. The molecule has 3 aromatic rings. The number of aromatic nitrogens is 6. The van der Waals surface area contributed by atoms with Crippen LogP contribution in [0.5, 0.6) is 0 Å². The van der Waals surface area contributed by atoms with Crippen LogP contribution < -0.4 is 9.80 Å². The molecule has 1 saturated heterocycles. The summed E-state index contributed by atoms with van der Waals surface area (Å²) in [5, 5.41) is 4.54. The third-order valence-electron chi connectivity index (χ3n) is 5.59. The number of anilines is 2. The van der Waals surface area contributed by atoms with Crippen LogP contribution in [0.1, 0.15) is 41.7 Å². The van der Waals surface area contributed by atoms with E-state index in [9.17, 15) is 0 Å². The second-order valence-corrected chi connectivity index (χ2v) is 8.05. The molecule has 1 saturated carbocycles. The van der Waals surface area contributed by atoms with Crippen LogP contribution >= 0.6 is 0 Å². The molecule has 8 nitrogen and oxygen atoms in total. The first-order valence-electron chi connectivity index (χ1n) is 10.3. The fourth-order valence-electron chi connectivity index (χ4n) is 3.91. The highest BCUT2D eigenvalue weighted by Crippen LogP contribution is 2.38. The van der Waals surface area contributed by atoms with Crippen molar-refractivity contribution in [1.82, 2.24) is 29.7 Å². The molecule has 8 heteroatoms. The van der Waals surface area contributed by atoms with Crippen molar-refractivity contribution in [2.45, 2.75) is 39.5 Å². The van der Waals surface area contributed by atoms with Crippen LogP contribution in [0.15, 0.2) is 24.5 Å². The Bertz CT molecular complexity index is 1030. The monoisotopic (exact) mass is 390 g/mol. The summed E-state index contributed by atoms with van der Waals surface area (Å²) < 4.78 is 1.87. The van der Waals surface area contributed by atoms with E-state index in [1.807, 2.05) is 24.6 Å². The van der Waals surface area contributed by atoms with E-state index in [4.69, 9.17) is 4.98 Å². The lowest BCUT2D eigenvalue weighted by Crippen LogP contribution is -2.47. The molecule has 2 fully saturated rings. The Balaban J connectivity index is 1.31. The van der Waals surface area contributed by atoms with E-state index in [-0.39, 0.29) is 0 Å². The van der Waals surface area contributed by atoms with Crippen molar-refractivity contribution in [3.63, 3.8) is 0 Å². The topological polar surface area (TPSA) is 75.9 Å². The summed E-state index contributed by atoms with van der Waals surface area (Å²) in [4.78, 5) is 23.1. The zero-order valence-corrected chi connectivity index (χ0v) is 17.2. The minimum atomic E-state index is 0.573. The number of piperazine rings is 1. The van der Waals surface area contributed by atoms with Crippen LogP contribution in [0.4, 0.5) is 11.6 Å². The fourth-order valence-corrected chi connectivity index (χ4v) is 3.91. The molecule has 1 aliphatic carbocycles. The normalized spacial score (nSPS) is 17.1. The van der Waals surface area contributed by atoms with Crippen molar-refractivity contribution in [2.75, 3.05) is 36.0 Å². The summed E-state index contributed by atoms with van der Waals surface area (Å²) in [6, 6.07) is 6.18. The van der Waals surface area contributed by atoms with Gasteiger partial charge in [0.2, 0.25) is 0 Å². The van der Waals surface area contributed by atoms with E-state index in [1.165, 1.54) is 12.8 Å². The summed E-state index contributed by atoms with van der Waals surface area (Å²) in [6.45, 7) is 9.73. The van der Waals surface area contributed by atoms with Crippen LogP contribution in [-0.4, -0.2) is 55.9 Å². The van der Waals surface area contributed by atoms with Gasteiger partial charge in [-0.05, 0) is 39.7 Å². The van der Waals surface area contributed by atoms with Crippen LogP contribution in [0.25, 0.3) is 5.82 Å². The average Bonchev–Trinajstić information content (AvgIpc) is 3.52. The molecule has 5 rings (SSSR count). The van der Waals surface area contributed by atoms with E-state index >= 15 is 0 Å². The van der Waals surface area contributed by atoms with Crippen molar-refractivity contribution in [2.24, 2.45) is 0 Å². The standard InChI is InChI=1S/C21H26N8/c1-14-11-20(25-21(24-14)17-4-5-17)28-8-6-27(7-9-28)18-12-19(23-13-22-18)29-16(3)10-15(2)26-29/h10-13,17H,4-9H2,1-3H3. The van der Waals surface area contributed by atoms with Crippen molar-refractivity contribution in [1.29, 1.82) is 0 Å². The average molecular weight is 390 g/mol. The first kappa shape index (κ1) is 18.0.